The summed E-state index contributed by atoms with van der Waals surface area (Å²) < 4.78 is 0. The van der Waals surface area contributed by atoms with Crippen molar-refractivity contribution in [1.29, 1.82) is 0 Å². The summed E-state index contributed by atoms with van der Waals surface area (Å²) in [7, 11) is 0. The number of amides is 2. The van der Waals surface area contributed by atoms with Crippen molar-refractivity contribution in [2.24, 2.45) is 4.99 Å². The highest BCUT2D eigenvalue weighted by Crippen LogP contribution is 2.18. The lowest BCUT2D eigenvalue weighted by Gasteiger charge is -2.28. The van der Waals surface area contributed by atoms with E-state index < -0.39 is 0 Å². The molecule has 0 radical (unpaired) electrons. The third kappa shape index (κ3) is 7.97. The Hall–Kier alpha value is -1.84. The van der Waals surface area contributed by atoms with Gasteiger partial charge in [-0.2, -0.15) is 0 Å². The highest BCUT2D eigenvalue weighted by atomic mass is 127. The van der Waals surface area contributed by atoms with Crippen molar-refractivity contribution in [2.45, 2.75) is 52.0 Å². The van der Waals surface area contributed by atoms with Gasteiger partial charge in [0.05, 0.1) is 0 Å². The van der Waals surface area contributed by atoms with E-state index in [0.717, 1.165) is 64.8 Å². The lowest BCUT2D eigenvalue weighted by molar-refractivity contribution is -0.131. The van der Waals surface area contributed by atoms with Gasteiger partial charge >= 0.3 is 0 Å². The van der Waals surface area contributed by atoms with Crippen LogP contribution in [0.25, 0.3) is 0 Å². The first kappa shape index (κ1) is 25.4. The molecule has 0 aliphatic carbocycles. The van der Waals surface area contributed by atoms with Crippen molar-refractivity contribution in [3.63, 3.8) is 0 Å². The first-order chi connectivity index (χ1) is 14.7. The molecular formula is C23H36IN5O2. The molecule has 0 unspecified atom stereocenters. The summed E-state index contributed by atoms with van der Waals surface area (Å²) in [5.74, 6) is 0.990. The van der Waals surface area contributed by atoms with Crippen LogP contribution in [-0.4, -0.2) is 66.8 Å². The Morgan fingerprint density at radius 2 is 1.87 bits per heavy atom. The molecule has 31 heavy (non-hydrogen) atoms. The number of hydrogen-bond acceptors (Lipinski definition) is 3. The number of nitrogens with one attached hydrogen (secondary N) is 2. The van der Waals surface area contributed by atoms with E-state index in [9.17, 15) is 9.59 Å². The molecule has 1 aromatic rings. The molecule has 2 heterocycles. The van der Waals surface area contributed by atoms with Crippen LogP contribution in [0.2, 0.25) is 0 Å². The van der Waals surface area contributed by atoms with Crippen molar-refractivity contribution < 1.29 is 9.59 Å². The van der Waals surface area contributed by atoms with E-state index in [1.54, 1.807) is 0 Å². The Morgan fingerprint density at radius 1 is 1.06 bits per heavy atom. The van der Waals surface area contributed by atoms with Gasteiger partial charge in [0, 0.05) is 45.7 Å². The quantitative estimate of drug-likeness (QED) is 0.241. The fourth-order valence-electron chi connectivity index (χ4n) is 4.05. The van der Waals surface area contributed by atoms with Gasteiger partial charge in [-0.3, -0.25) is 9.59 Å². The summed E-state index contributed by atoms with van der Waals surface area (Å²) in [5, 5.41) is 6.50. The van der Waals surface area contributed by atoms with E-state index in [4.69, 9.17) is 0 Å². The molecule has 0 spiro atoms. The number of fused-ring (bicyclic) bond motifs is 1. The molecule has 0 bridgehead atoms. The van der Waals surface area contributed by atoms with Crippen LogP contribution in [0.3, 0.4) is 0 Å². The molecule has 8 heteroatoms. The second kappa shape index (κ2) is 13.5. The van der Waals surface area contributed by atoms with Crippen molar-refractivity contribution in [1.82, 2.24) is 20.4 Å². The summed E-state index contributed by atoms with van der Waals surface area (Å²) in [5.41, 5.74) is 2.57. The third-order valence-corrected chi connectivity index (χ3v) is 5.77. The molecule has 0 aromatic heterocycles. The molecule has 7 nitrogen and oxygen atoms in total. The molecule has 1 saturated heterocycles. The number of halogens is 1. The fourth-order valence-corrected chi connectivity index (χ4v) is 4.05. The summed E-state index contributed by atoms with van der Waals surface area (Å²) >= 11 is 0. The van der Waals surface area contributed by atoms with E-state index in [0.29, 0.717) is 18.9 Å². The molecular weight excluding hydrogens is 505 g/mol. The van der Waals surface area contributed by atoms with Crippen LogP contribution in [0, 0.1) is 0 Å². The molecule has 3 rings (SSSR count). The fraction of sp³-hybridized carbons (Fsp3) is 0.609. The number of aliphatic imine (C=N–C) groups is 1. The van der Waals surface area contributed by atoms with Gasteiger partial charge in [-0.1, -0.05) is 30.7 Å². The molecule has 172 valence electrons. The number of hydrogen-bond donors (Lipinski definition) is 2. The zero-order valence-corrected chi connectivity index (χ0v) is 20.9. The summed E-state index contributed by atoms with van der Waals surface area (Å²) in [6.07, 6.45) is 5.72. The van der Waals surface area contributed by atoms with Gasteiger partial charge in [-0.05, 0) is 43.7 Å². The first-order valence-electron chi connectivity index (χ1n) is 11.3. The molecule has 1 fully saturated rings. The maximum atomic E-state index is 12.6. The van der Waals surface area contributed by atoms with Gasteiger partial charge in [0.2, 0.25) is 11.8 Å². The number of likely N-dealkylation sites (tertiary alicyclic amines) is 1. The number of carbonyl (C=O) groups is 2. The van der Waals surface area contributed by atoms with E-state index in [2.05, 4.69) is 33.8 Å². The first-order valence-corrected chi connectivity index (χ1v) is 11.3. The van der Waals surface area contributed by atoms with Crippen molar-refractivity contribution in [2.75, 3.05) is 39.3 Å². The van der Waals surface area contributed by atoms with Gasteiger partial charge < -0.3 is 20.4 Å². The summed E-state index contributed by atoms with van der Waals surface area (Å²) in [6, 6.07) is 8.31. The van der Waals surface area contributed by atoms with Crippen molar-refractivity contribution in [3.8, 4) is 0 Å². The highest BCUT2D eigenvalue weighted by molar-refractivity contribution is 14.0. The van der Waals surface area contributed by atoms with Crippen molar-refractivity contribution >= 4 is 41.8 Å². The molecule has 2 amide bonds. The smallest absolute Gasteiger partial charge is 0.244 e. The second-order valence-corrected chi connectivity index (χ2v) is 8.00. The molecule has 2 N–H and O–H groups in total. The van der Waals surface area contributed by atoms with Crippen LogP contribution in [0.4, 0.5) is 0 Å². The number of rotatable bonds is 7. The Bertz CT molecular complexity index is 755. The molecule has 2 aliphatic rings. The maximum Gasteiger partial charge on any atom is 0.244 e. The number of carbonyl (C=O) groups excluding carboxylic acids is 2. The zero-order valence-electron chi connectivity index (χ0n) is 18.6. The Balaban J connectivity index is 0.00000341. The predicted octanol–water partition coefficient (Wildman–Crippen LogP) is 2.54. The van der Waals surface area contributed by atoms with Gasteiger partial charge in [-0.25, -0.2) is 4.99 Å². The third-order valence-electron chi connectivity index (χ3n) is 5.77. The Morgan fingerprint density at radius 3 is 2.68 bits per heavy atom. The largest absolute Gasteiger partial charge is 0.357 e. The molecule has 0 saturated carbocycles. The van der Waals surface area contributed by atoms with E-state index >= 15 is 0 Å². The highest BCUT2D eigenvalue weighted by Gasteiger charge is 2.20. The average molecular weight is 541 g/mol. The lowest BCUT2D eigenvalue weighted by atomic mass is 10.00. The number of benzene rings is 1. The second-order valence-electron chi connectivity index (χ2n) is 8.00. The maximum absolute atomic E-state index is 12.6. The normalized spacial score (nSPS) is 16.8. The van der Waals surface area contributed by atoms with Gasteiger partial charge in [0.25, 0.3) is 0 Å². The van der Waals surface area contributed by atoms with Crippen LogP contribution in [0.15, 0.2) is 29.3 Å². The van der Waals surface area contributed by atoms with Crippen molar-refractivity contribution in [3.05, 3.63) is 35.4 Å². The minimum Gasteiger partial charge on any atom is -0.357 e. The van der Waals surface area contributed by atoms with E-state index in [-0.39, 0.29) is 42.3 Å². The van der Waals surface area contributed by atoms with Crippen LogP contribution >= 0.6 is 24.0 Å². The standard InChI is InChI=1S/C23H35N5O2.HI/c1-2-24-23(25-13-8-15-27-14-7-3-4-11-21(27)29)26-17-22(30)28-16-12-19-9-5-6-10-20(19)18-28;/h5-6,9-10H,2-4,7-8,11-18H2,1H3,(H2,24,25,26);1H. The minimum atomic E-state index is 0. The monoisotopic (exact) mass is 541 g/mol. The minimum absolute atomic E-state index is 0. The number of nitrogens with zero attached hydrogens (tertiary/aromatic N) is 3. The molecule has 2 aliphatic heterocycles. The van der Waals surface area contributed by atoms with Crippen LogP contribution in [0.1, 0.15) is 50.2 Å². The average Bonchev–Trinajstić information content (AvgIpc) is 2.98. The SMILES string of the molecule is CCNC(=NCC(=O)N1CCc2ccccc2C1)NCCCN1CCCCCC1=O.I. The van der Waals surface area contributed by atoms with Crippen LogP contribution < -0.4 is 10.6 Å². The predicted molar refractivity (Wildman–Crippen MR) is 135 cm³/mol. The number of guanidine groups is 1. The summed E-state index contributed by atoms with van der Waals surface area (Å²) in [6.45, 7) is 6.68. The lowest BCUT2D eigenvalue weighted by Crippen LogP contribution is -2.41. The van der Waals surface area contributed by atoms with Crippen LogP contribution in [0.5, 0.6) is 0 Å². The summed E-state index contributed by atoms with van der Waals surface area (Å²) in [4.78, 5) is 33.1. The van der Waals surface area contributed by atoms with Gasteiger partial charge in [-0.15, -0.1) is 24.0 Å². The Labute approximate surface area is 203 Å². The van der Waals surface area contributed by atoms with Gasteiger partial charge in [0.1, 0.15) is 6.54 Å². The molecule has 0 atom stereocenters. The van der Waals surface area contributed by atoms with E-state index in [1.807, 2.05) is 22.8 Å². The topological polar surface area (TPSA) is 77.0 Å². The molecule has 1 aromatic carbocycles. The van der Waals surface area contributed by atoms with Crippen LogP contribution in [-0.2, 0) is 22.6 Å². The zero-order chi connectivity index (χ0) is 21.2. The van der Waals surface area contributed by atoms with E-state index in [1.165, 1.54) is 11.1 Å². The van der Waals surface area contributed by atoms with Gasteiger partial charge in [0.15, 0.2) is 5.96 Å². The Kier molecular flexibility index (Phi) is 11.1.